The molecule has 0 aromatic heterocycles. The van der Waals surface area contributed by atoms with Gasteiger partial charge in [-0.1, -0.05) is 6.07 Å². The van der Waals surface area contributed by atoms with Crippen LogP contribution < -0.4 is 10.1 Å². The van der Waals surface area contributed by atoms with E-state index in [0.29, 0.717) is 13.2 Å². The first-order valence-electron chi connectivity index (χ1n) is 6.04. The number of carbonyl (C=O) groups is 1. The molecular formula is C14H21NO3. The van der Waals surface area contributed by atoms with Crippen molar-refractivity contribution in [1.29, 1.82) is 0 Å². The Morgan fingerprint density at radius 1 is 1.39 bits per heavy atom. The number of hydrogen-bond acceptors (Lipinski definition) is 4. The lowest BCUT2D eigenvalue weighted by atomic mass is 9.93. The zero-order valence-corrected chi connectivity index (χ0v) is 11.4. The predicted molar refractivity (Wildman–Crippen MR) is 71.9 cm³/mol. The summed E-state index contributed by atoms with van der Waals surface area (Å²) in [5.74, 6) is 0.592. The molecule has 0 heterocycles. The Labute approximate surface area is 108 Å². The van der Waals surface area contributed by atoms with Crippen molar-refractivity contribution in [3.05, 3.63) is 24.3 Å². The highest BCUT2D eigenvalue weighted by Crippen LogP contribution is 2.21. The zero-order chi connectivity index (χ0) is 13.6. The van der Waals surface area contributed by atoms with Gasteiger partial charge in [0.2, 0.25) is 0 Å². The molecule has 4 heteroatoms. The minimum Gasteiger partial charge on any atom is -0.494 e. The van der Waals surface area contributed by atoms with E-state index in [2.05, 4.69) is 5.32 Å². The molecule has 1 aromatic carbocycles. The third kappa shape index (κ3) is 3.95. The van der Waals surface area contributed by atoms with Crippen LogP contribution in [-0.2, 0) is 9.53 Å². The van der Waals surface area contributed by atoms with Crippen molar-refractivity contribution in [1.82, 2.24) is 0 Å². The molecular weight excluding hydrogens is 230 g/mol. The molecule has 100 valence electrons. The van der Waals surface area contributed by atoms with Crippen LogP contribution in [0, 0.1) is 5.41 Å². The van der Waals surface area contributed by atoms with Crippen molar-refractivity contribution in [3.8, 4) is 5.75 Å². The Morgan fingerprint density at radius 3 is 2.72 bits per heavy atom. The van der Waals surface area contributed by atoms with Crippen molar-refractivity contribution in [2.24, 2.45) is 5.41 Å². The minimum atomic E-state index is -0.559. The van der Waals surface area contributed by atoms with Gasteiger partial charge in [0, 0.05) is 18.3 Å². The van der Waals surface area contributed by atoms with E-state index in [-0.39, 0.29) is 5.97 Å². The average molecular weight is 251 g/mol. The summed E-state index contributed by atoms with van der Waals surface area (Å²) in [6.07, 6.45) is 0. The average Bonchev–Trinajstić information content (AvgIpc) is 2.36. The lowest BCUT2D eigenvalue weighted by Gasteiger charge is -2.22. The van der Waals surface area contributed by atoms with Crippen molar-refractivity contribution in [3.63, 3.8) is 0 Å². The molecule has 4 nitrogen and oxygen atoms in total. The Balaban J connectivity index is 2.63. The molecule has 0 aliphatic rings. The molecule has 0 radical (unpaired) electrons. The summed E-state index contributed by atoms with van der Waals surface area (Å²) in [6, 6.07) is 7.67. The standard InChI is InChI=1S/C14H21NO3/c1-5-18-12-8-6-7-11(9-12)15-10-14(2,3)13(16)17-4/h6-9,15H,5,10H2,1-4H3. The summed E-state index contributed by atoms with van der Waals surface area (Å²) < 4.78 is 10.2. The van der Waals surface area contributed by atoms with Gasteiger partial charge in [-0.05, 0) is 32.9 Å². The van der Waals surface area contributed by atoms with Gasteiger partial charge in [-0.15, -0.1) is 0 Å². The molecule has 0 aliphatic heterocycles. The van der Waals surface area contributed by atoms with Crippen LogP contribution in [0.3, 0.4) is 0 Å². The second kappa shape index (κ2) is 6.28. The molecule has 0 spiro atoms. The molecule has 0 fully saturated rings. The van der Waals surface area contributed by atoms with Crippen LogP contribution in [0.25, 0.3) is 0 Å². The van der Waals surface area contributed by atoms with Crippen molar-refractivity contribution < 1.29 is 14.3 Å². The first-order valence-corrected chi connectivity index (χ1v) is 6.04. The van der Waals surface area contributed by atoms with Crippen LogP contribution in [0.15, 0.2) is 24.3 Å². The number of esters is 1. The minimum absolute atomic E-state index is 0.226. The van der Waals surface area contributed by atoms with Crippen LogP contribution in [0.2, 0.25) is 0 Å². The molecule has 1 N–H and O–H groups in total. The van der Waals surface area contributed by atoms with Gasteiger partial charge < -0.3 is 14.8 Å². The summed E-state index contributed by atoms with van der Waals surface area (Å²) in [5.41, 5.74) is 0.369. The Hall–Kier alpha value is -1.71. The lowest BCUT2D eigenvalue weighted by molar-refractivity contribution is -0.149. The number of benzene rings is 1. The smallest absolute Gasteiger partial charge is 0.313 e. The van der Waals surface area contributed by atoms with Gasteiger partial charge in [-0.2, -0.15) is 0 Å². The Bertz CT molecular complexity index is 402. The molecule has 1 rings (SSSR count). The van der Waals surface area contributed by atoms with E-state index in [0.717, 1.165) is 11.4 Å². The van der Waals surface area contributed by atoms with E-state index in [9.17, 15) is 4.79 Å². The summed E-state index contributed by atoms with van der Waals surface area (Å²) in [7, 11) is 1.40. The van der Waals surface area contributed by atoms with Crippen LogP contribution >= 0.6 is 0 Å². The maximum absolute atomic E-state index is 11.5. The van der Waals surface area contributed by atoms with E-state index >= 15 is 0 Å². The summed E-state index contributed by atoms with van der Waals surface area (Å²) in [4.78, 5) is 11.5. The van der Waals surface area contributed by atoms with Gasteiger partial charge >= 0.3 is 5.97 Å². The Morgan fingerprint density at radius 2 is 2.11 bits per heavy atom. The number of nitrogens with one attached hydrogen (secondary N) is 1. The quantitative estimate of drug-likeness (QED) is 0.790. The van der Waals surface area contributed by atoms with Crippen molar-refractivity contribution in [2.45, 2.75) is 20.8 Å². The molecule has 0 saturated carbocycles. The number of rotatable bonds is 6. The number of carbonyl (C=O) groups excluding carboxylic acids is 1. The van der Waals surface area contributed by atoms with Crippen LogP contribution in [0.1, 0.15) is 20.8 Å². The fraction of sp³-hybridized carbons (Fsp3) is 0.500. The number of ether oxygens (including phenoxy) is 2. The van der Waals surface area contributed by atoms with Gasteiger partial charge in [-0.25, -0.2) is 0 Å². The number of methoxy groups -OCH3 is 1. The highest BCUT2D eigenvalue weighted by atomic mass is 16.5. The maximum Gasteiger partial charge on any atom is 0.313 e. The fourth-order valence-electron chi connectivity index (χ4n) is 1.53. The van der Waals surface area contributed by atoms with Crippen molar-refractivity contribution >= 4 is 11.7 Å². The highest BCUT2D eigenvalue weighted by molar-refractivity contribution is 5.76. The van der Waals surface area contributed by atoms with Crippen LogP contribution in [-0.4, -0.2) is 26.2 Å². The third-order valence-electron chi connectivity index (χ3n) is 2.62. The lowest BCUT2D eigenvalue weighted by Crippen LogP contribution is -2.33. The number of anilines is 1. The first kappa shape index (κ1) is 14.4. The van der Waals surface area contributed by atoms with Gasteiger partial charge in [0.05, 0.1) is 19.1 Å². The Kier molecular flexibility index (Phi) is 5.01. The molecule has 0 amide bonds. The third-order valence-corrected chi connectivity index (χ3v) is 2.62. The summed E-state index contributed by atoms with van der Waals surface area (Å²) in [5, 5.41) is 3.22. The second-order valence-electron chi connectivity index (χ2n) is 4.69. The largest absolute Gasteiger partial charge is 0.494 e. The molecule has 0 aliphatic carbocycles. The summed E-state index contributed by atoms with van der Waals surface area (Å²) in [6.45, 7) is 6.78. The SMILES string of the molecule is CCOc1cccc(NCC(C)(C)C(=O)OC)c1. The molecule has 1 aromatic rings. The molecule has 0 bridgehead atoms. The van der Waals surface area contributed by atoms with E-state index in [1.54, 1.807) is 0 Å². The first-order chi connectivity index (χ1) is 8.49. The van der Waals surface area contributed by atoms with Crippen LogP contribution in [0.4, 0.5) is 5.69 Å². The van der Waals surface area contributed by atoms with Crippen LogP contribution in [0.5, 0.6) is 5.75 Å². The van der Waals surface area contributed by atoms with E-state index < -0.39 is 5.41 Å². The zero-order valence-electron chi connectivity index (χ0n) is 11.4. The molecule has 0 saturated heterocycles. The highest BCUT2D eigenvalue weighted by Gasteiger charge is 2.28. The van der Waals surface area contributed by atoms with Gasteiger partial charge in [-0.3, -0.25) is 4.79 Å². The molecule has 0 unspecified atom stereocenters. The van der Waals surface area contributed by atoms with E-state index in [1.165, 1.54) is 7.11 Å². The maximum atomic E-state index is 11.5. The number of hydrogen-bond donors (Lipinski definition) is 1. The van der Waals surface area contributed by atoms with Gasteiger partial charge in [0.1, 0.15) is 5.75 Å². The predicted octanol–water partition coefficient (Wildman–Crippen LogP) is 2.70. The normalized spacial score (nSPS) is 10.9. The molecule has 18 heavy (non-hydrogen) atoms. The van der Waals surface area contributed by atoms with Gasteiger partial charge in [0.15, 0.2) is 0 Å². The van der Waals surface area contributed by atoms with E-state index in [4.69, 9.17) is 9.47 Å². The van der Waals surface area contributed by atoms with Gasteiger partial charge in [0.25, 0.3) is 0 Å². The second-order valence-corrected chi connectivity index (χ2v) is 4.69. The topological polar surface area (TPSA) is 47.6 Å². The monoisotopic (exact) mass is 251 g/mol. The van der Waals surface area contributed by atoms with E-state index in [1.807, 2.05) is 45.0 Å². The summed E-state index contributed by atoms with van der Waals surface area (Å²) >= 11 is 0. The fourth-order valence-corrected chi connectivity index (χ4v) is 1.53. The van der Waals surface area contributed by atoms with Crippen molar-refractivity contribution in [2.75, 3.05) is 25.6 Å². The molecule has 0 atom stereocenters.